The van der Waals surface area contributed by atoms with Crippen LogP contribution in [0.1, 0.15) is 113 Å². The van der Waals surface area contributed by atoms with Crippen LogP contribution in [0.4, 0.5) is 0 Å². The maximum atomic E-state index is 3.95. The largest absolute Gasteiger partial charge is 0.103 e. The van der Waals surface area contributed by atoms with E-state index in [9.17, 15) is 0 Å². The van der Waals surface area contributed by atoms with Gasteiger partial charge in [0.25, 0.3) is 0 Å². The van der Waals surface area contributed by atoms with Crippen molar-refractivity contribution in [2.45, 2.75) is 113 Å². The Morgan fingerprint density at radius 1 is 0.767 bits per heavy atom. The molecule has 172 valence electrons. The van der Waals surface area contributed by atoms with E-state index in [1.54, 1.807) is 5.57 Å². The minimum atomic E-state index is 0.562. The normalized spacial score (nSPS) is 15.3. The Kier molecular flexibility index (Phi) is 16.6. The van der Waals surface area contributed by atoms with Crippen molar-refractivity contribution >= 4 is 0 Å². The Balaban J connectivity index is 4.74. The minimum absolute atomic E-state index is 0.562. The van der Waals surface area contributed by atoms with Crippen molar-refractivity contribution in [1.29, 1.82) is 0 Å². The SMILES string of the molecule is C=CC(C)CC=C(CC=C(C)CCC=C(C)CCC=C(C)C)C(C)CCCC(C)C. The van der Waals surface area contributed by atoms with Crippen LogP contribution < -0.4 is 0 Å². The molecule has 0 amide bonds. The van der Waals surface area contributed by atoms with Gasteiger partial charge in [-0.05, 0) is 90.4 Å². The van der Waals surface area contributed by atoms with E-state index < -0.39 is 0 Å². The van der Waals surface area contributed by atoms with Gasteiger partial charge in [-0.3, -0.25) is 0 Å². The highest BCUT2D eigenvalue weighted by Gasteiger charge is 2.09. The second-order valence-corrected chi connectivity index (χ2v) is 10.1. The van der Waals surface area contributed by atoms with Crippen molar-refractivity contribution in [1.82, 2.24) is 0 Å². The lowest BCUT2D eigenvalue weighted by molar-refractivity contribution is 0.487. The summed E-state index contributed by atoms with van der Waals surface area (Å²) < 4.78 is 0. The van der Waals surface area contributed by atoms with Crippen molar-refractivity contribution in [3.05, 3.63) is 59.3 Å². The maximum Gasteiger partial charge on any atom is -0.0134 e. The molecule has 0 aliphatic rings. The Morgan fingerprint density at radius 2 is 1.37 bits per heavy atom. The van der Waals surface area contributed by atoms with Gasteiger partial charge >= 0.3 is 0 Å². The molecule has 0 bridgehead atoms. The van der Waals surface area contributed by atoms with Crippen LogP contribution in [0.25, 0.3) is 0 Å². The molecule has 0 saturated heterocycles. The summed E-state index contributed by atoms with van der Waals surface area (Å²) in [5, 5.41) is 0. The molecule has 0 saturated carbocycles. The first kappa shape index (κ1) is 28.7. The molecule has 30 heavy (non-hydrogen) atoms. The zero-order valence-corrected chi connectivity index (χ0v) is 21.7. The van der Waals surface area contributed by atoms with E-state index in [0.717, 1.165) is 18.8 Å². The van der Waals surface area contributed by atoms with E-state index in [4.69, 9.17) is 0 Å². The number of allylic oxidation sites excluding steroid dienone is 9. The molecule has 0 nitrogen and oxygen atoms in total. The van der Waals surface area contributed by atoms with Gasteiger partial charge in [0.15, 0.2) is 0 Å². The highest BCUT2D eigenvalue weighted by atomic mass is 14.1. The van der Waals surface area contributed by atoms with E-state index in [1.165, 1.54) is 61.7 Å². The standard InChI is InChI=1S/C30H52/c1-10-26(6)20-22-30(29(9)19-12-15-25(4)5)23-21-28(8)18-13-17-27(7)16-11-14-24(2)3/h10,14,17,21-22,25-26,29H,1,11-13,15-16,18-20,23H2,2-9H3. The number of rotatable bonds is 16. The van der Waals surface area contributed by atoms with Crippen LogP contribution >= 0.6 is 0 Å². The third-order valence-corrected chi connectivity index (χ3v) is 6.01. The van der Waals surface area contributed by atoms with Gasteiger partial charge in [0, 0.05) is 0 Å². The Hall–Kier alpha value is -1.30. The molecule has 0 aromatic rings. The molecule has 0 rings (SSSR count). The summed E-state index contributed by atoms with van der Waals surface area (Å²) in [4.78, 5) is 0. The zero-order valence-electron chi connectivity index (χ0n) is 21.7. The van der Waals surface area contributed by atoms with Crippen molar-refractivity contribution < 1.29 is 0 Å². The fourth-order valence-electron chi connectivity index (χ4n) is 3.57. The lowest BCUT2D eigenvalue weighted by Crippen LogP contribution is -2.02. The highest BCUT2D eigenvalue weighted by Crippen LogP contribution is 2.25. The monoisotopic (exact) mass is 412 g/mol. The molecule has 0 aromatic heterocycles. The number of hydrogen-bond acceptors (Lipinski definition) is 0. The molecule has 0 N–H and O–H groups in total. The van der Waals surface area contributed by atoms with Crippen LogP contribution in [0.15, 0.2) is 59.3 Å². The van der Waals surface area contributed by atoms with Gasteiger partial charge in [0.2, 0.25) is 0 Å². The van der Waals surface area contributed by atoms with Crippen LogP contribution in [0.5, 0.6) is 0 Å². The van der Waals surface area contributed by atoms with Crippen LogP contribution in [-0.2, 0) is 0 Å². The fraction of sp³-hybridized carbons (Fsp3) is 0.667. The summed E-state index contributed by atoms with van der Waals surface area (Å²) in [5.74, 6) is 2.06. The van der Waals surface area contributed by atoms with E-state index in [2.05, 4.69) is 92.3 Å². The van der Waals surface area contributed by atoms with Crippen molar-refractivity contribution in [2.75, 3.05) is 0 Å². The van der Waals surface area contributed by atoms with Crippen molar-refractivity contribution in [3.63, 3.8) is 0 Å². The van der Waals surface area contributed by atoms with Gasteiger partial charge in [-0.15, -0.1) is 6.58 Å². The fourth-order valence-corrected chi connectivity index (χ4v) is 3.57. The van der Waals surface area contributed by atoms with E-state index >= 15 is 0 Å². The van der Waals surface area contributed by atoms with E-state index in [1.807, 2.05) is 0 Å². The van der Waals surface area contributed by atoms with Gasteiger partial charge in [-0.2, -0.15) is 0 Å². The molecule has 0 spiro atoms. The van der Waals surface area contributed by atoms with Gasteiger partial charge in [0.05, 0.1) is 0 Å². The van der Waals surface area contributed by atoms with Crippen molar-refractivity contribution in [2.24, 2.45) is 17.8 Å². The topological polar surface area (TPSA) is 0 Å². The quantitative estimate of drug-likeness (QED) is 0.221. The molecule has 0 aromatic carbocycles. The van der Waals surface area contributed by atoms with E-state index in [0.29, 0.717) is 11.8 Å². The lowest BCUT2D eigenvalue weighted by Gasteiger charge is -2.17. The average Bonchev–Trinajstić information content (AvgIpc) is 2.66. The van der Waals surface area contributed by atoms with Crippen LogP contribution in [0.3, 0.4) is 0 Å². The summed E-state index contributed by atoms with van der Waals surface area (Å²) in [5.41, 5.74) is 6.10. The second-order valence-electron chi connectivity index (χ2n) is 10.1. The Bertz CT molecular complexity index is 575. The lowest BCUT2D eigenvalue weighted by atomic mass is 9.89. The first-order valence-corrected chi connectivity index (χ1v) is 12.4. The third kappa shape index (κ3) is 16.5. The molecular formula is C30H52. The molecule has 0 aliphatic heterocycles. The molecular weight excluding hydrogens is 360 g/mol. The summed E-state index contributed by atoms with van der Waals surface area (Å²) in [6, 6.07) is 0. The summed E-state index contributed by atoms with van der Waals surface area (Å²) in [7, 11) is 0. The van der Waals surface area contributed by atoms with Crippen LogP contribution in [-0.4, -0.2) is 0 Å². The highest BCUT2D eigenvalue weighted by molar-refractivity contribution is 5.15. The minimum Gasteiger partial charge on any atom is -0.103 e. The van der Waals surface area contributed by atoms with E-state index in [-0.39, 0.29) is 0 Å². The molecule has 2 unspecified atom stereocenters. The predicted octanol–water partition coefficient (Wildman–Crippen LogP) is 10.4. The average molecular weight is 413 g/mol. The molecule has 0 fully saturated rings. The third-order valence-electron chi connectivity index (χ3n) is 6.01. The molecule has 0 heterocycles. The molecule has 0 aliphatic carbocycles. The predicted molar refractivity (Wildman–Crippen MR) is 140 cm³/mol. The number of hydrogen-bond donors (Lipinski definition) is 0. The zero-order chi connectivity index (χ0) is 22.9. The van der Waals surface area contributed by atoms with Crippen LogP contribution in [0.2, 0.25) is 0 Å². The van der Waals surface area contributed by atoms with Gasteiger partial charge < -0.3 is 0 Å². The van der Waals surface area contributed by atoms with Gasteiger partial charge in [-0.25, -0.2) is 0 Å². The smallest absolute Gasteiger partial charge is 0.0134 e. The molecule has 0 radical (unpaired) electrons. The Labute approximate surface area is 190 Å². The van der Waals surface area contributed by atoms with Crippen LogP contribution in [0, 0.1) is 17.8 Å². The summed E-state index contributed by atoms with van der Waals surface area (Å²) in [6.45, 7) is 22.2. The van der Waals surface area contributed by atoms with Gasteiger partial charge in [0.1, 0.15) is 0 Å². The molecule has 2 atom stereocenters. The maximum absolute atomic E-state index is 3.95. The summed E-state index contributed by atoms with van der Waals surface area (Å²) in [6.07, 6.45) is 22.8. The second kappa shape index (κ2) is 17.4. The molecule has 0 heteroatoms. The van der Waals surface area contributed by atoms with Gasteiger partial charge in [-0.1, -0.05) is 93.2 Å². The van der Waals surface area contributed by atoms with Crippen molar-refractivity contribution in [3.8, 4) is 0 Å². The first-order valence-electron chi connectivity index (χ1n) is 12.4. The summed E-state index contributed by atoms with van der Waals surface area (Å²) >= 11 is 0. The first-order chi connectivity index (χ1) is 14.1. The Morgan fingerprint density at radius 3 is 1.93 bits per heavy atom.